The van der Waals surface area contributed by atoms with Crippen LogP contribution in [0.15, 0.2) is 29.3 Å². The Labute approximate surface area is 195 Å². The fraction of sp³-hybridized carbons (Fsp3) is 0.600. The van der Waals surface area contributed by atoms with Crippen LogP contribution >= 0.6 is 0 Å². The number of hydrogen-bond donors (Lipinski definition) is 1. The molecule has 1 N–H and O–H groups in total. The second-order valence-electron chi connectivity index (χ2n) is 11.5. The maximum atomic E-state index is 12.9. The predicted octanol–water partition coefficient (Wildman–Crippen LogP) is 3.61. The van der Waals surface area contributed by atoms with Gasteiger partial charge in [-0.25, -0.2) is 9.78 Å². The molecule has 8 heteroatoms. The number of aryl methyl sites for hydroxylation is 2. The summed E-state index contributed by atoms with van der Waals surface area (Å²) in [7, 11) is 3.60. The van der Waals surface area contributed by atoms with Gasteiger partial charge in [0.2, 0.25) is 0 Å². The first kappa shape index (κ1) is 23.3. The minimum atomic E-state index is -0.0908. The molecule has 1 aliphatic carbocycles. The summed E-state index contributed by atoms with van der Waals surface area (Å²) in [6.45, 7) is 11.5. The van der Waals surface area contributed by atoms with Crippen molar-refractivity contribution < 1.29 is 4.79 Å². The molecule has 1 amide bonds. The molecule has 33 heavy (non-hydrogen) atoms. The fourth-order valence-electron chi connectivity index (χ4n) is 4.89. The average molecular weight is 453 g/mol. The lowest BCUT2D eigenvalue weighted by atomic mass is 9.68. The van der Waals surface area contributed by atoms with Gasteiger partial charge in [-0.3, -0.25) is 18.6 Å². The number of amides is 1. The van der Waals surface area contributed by atoms with Crippen molar-refractivity contribution in [1.82, 2.24) is 29.2 Å². The lowest BCUT2D eigenvalue weighted by Gasteiger charge is -2.42. The summed E-state index contributed by atoms with van der Waals surface area (Å²) in [5, 5.41) is 7.36. The predicted molar refractivity (Wildman–Crippen MR) is 129 cm³/mol. The van der Waals surface area contributed by atoms with E-state index in [1.807, 2.05) is 10.6 Å². The number of hydrogen-bond acceptors (Lipinski definition) is 4. The molecule has 3 aromatic rings. The minimum absolute atomic E-state index is 0.00850. The molecule has 3 heterocycles. The van der Waals surface area contributed by atoms with Gasteiger partial charge in [0, 0.05) is 44.5 Å². The van der Waals surface area contributed by atoms with Gasteiger partial charge in [0.25, 0.3) is 5.91 Å². The van der Waals surface area contributed by atoms with E-state index in [1.165, 1.54) is 0 Å². The Morgan fingerprint density at radius 2 is 1.97 bits per heavy atom. The number of aromatic nitrogens is 5. The highest BCUT2D eigenvalue weighted by molar-refractivity contribution is 5.93. The summed E-state index contributed by atoms with van der Waals surface area (Å²) in [4.78, 5) is 30.6. The van der Waals surface area contributed by atoms with E-state index in [1.54, 1.807) is 35.7 Å². The van der Waals surface area contributed by atoms with Gasteiger partial charge in [0.15, 0.2) is 5.65 Å². The van der Waals surface area contributed by atoms with Gasteiger partial charge in [-0.05, 0) is 42.2 Å². The summed E-state index contributed by atoms with van der Waals surface area (Å²) >= 11 is 0. The number of pyridine rings is 1. The Morgan fingerprint density at radius 1 is 1.24 bits per heavy atom. The topological polar surface area (TPSA) is 86.7 Å². The molecule has 0 bridgehead atoms. The smallest absolute Gasteiger partial charge is 0.330 e. The van der Waals surface area contributed by atoms with E-state index in [2.05, 4.69) is 51.1 Å². The van der Waals surface area contributed by atoms with Crippen LogP contribution in [0.5, 0.6) is 0 Å². The van der Waals surface area contributed by atoms with E-state index in [0.717, 1.165) is 36.1 Å². The third kappa shape index (κ3) is 4.61. The standard InChI is InChI=1S/C25H36N6O2/c1-24(2,3)15-31-19-9-8-18(27-21(19)30(7)23(31)33)16-10-11-25(4,5)20(12-16)28-22(32)17-13-26-29(6)14-17/h8-9,13-14,16,20H,10-12,15H2,1-7H3,(H,28,32). The number of carbonyl (C=O) groups excluding carboxylic acids is 1. The SMILES string of the molecule is Cn1cc(C(=O)NC2CC(c3ccc4c(n3)n(C)c(=O)n4CC(C)(C)C)CCC2(C)C)cn1. The number of rotatable bonds is 4. The fourth-order valence-corrected chi connectivity index (χ4v) is 4.89. The highest BCUT2D eigenvalue weighted by atomic mass is 16.2. The zero-order valence-electron chi connectivity index (χ0n) is 20.8. The summed E-state index contributed by atoms with van der Waals surface area (Å²) < 4.78 is 5.12. The maximum Gasteiger partial charge on any atom is 0.330 e. The number of nitrogens with one attached hydrogen (secondary N) is 1. The van der Waals surface area contributed by atoms with Gasteiger partial charge in [-0.2, -0.15) is 5.10 Å². The molecule has 1 aliphatic rings. The van der Waals surface area contributed by atoms with Crippen molar-refractivity contribution in [1.29, 1.82) is 0 Å². The van der Waals surface area contributed by atoms with E-state index in [-0.39, 0.29) is 34.4 Å². The first-order valence-corrected chi connectivity index (χ1v) is 11.7. The molecular weight excluding hydrogens is 416 g/mol. The molecule has 1 saturated carbocycles. The van der Waals surface area contributed by atoms with Crippen LogP contribution < -0.4 is 11.0 Å². The van der Waals surface area contributed by atoms with Crippen LogP contribution in [0.2, 0.25) is 0 Å². The number of fused-ring (bicyclic) bond motifs is 1. The average Bonchev–Trinajstić information content (AvgIpc) is 3.26. The van der Waals surface area contributed by atoms with E-state index in [9.17, 15) is 9.59 Å². The van der Waals surface area contributed by atoms with E-state index < -0.39 is 0 Å². The van der Waals surface area contributed by atoms with Gasteiger partial charge < -0.3 is 5.32 Å². The zero-order valence-corrected chi connectivity index (χ0v) is 20.8. The first-order chi connectivity index (χ1) is 15.4. The van der Waals surface area contributed by atoms with E-state index >= 15 is 0 Å². The number of nitrogens with zero attached hydrogens (tertiary/aromatic N) is 5. The molecule has 0 radical (unpaired) electrons. The molecule has 3 aromatic heterocycles. The van der Waals surface area contributed by atoms with Gasteiger partial charge in [-0.1, -0.05) is 34.6 Å². The van der Waals surface area contributed by atoms with Gasteiger partial charge >= 0.3 is 5.69 Å². The molecule has 8 nitrogen and oxygen atoms in total. The van der Waals surface area contributed by atoms with Crippen molar-refractivity contribution in [3.05, 3.63) is 46.3 Å². The number of carbonyl (C=O) groups is 1. The van der Waals surface area contributed by atoms with Crippen LogP contribution in [0.3, 0.4) is 0 Å². The van der Waals surface area contributed by atoms with Crippen LogP contribution in [0.1, 0.15) is 75.9 Å². The molecule has 178 valence electrons. The second kappa shape index (κ2) is 8.15. The lowest BCUT2D eigenvalue weighted by Crippen LogP contribution is -2.48. The summed E-state index contributed by atoms with van der Waals surface area (Å²) in [5.74, 6) is 0.134. The molecule has 2 atom stereocenters. The van der Waals surface area contributed by atoms with Gasteiger partial charge in [-0.15, -0.1) is 0 Å². The molecule has 1 fully saturated rings. The number of imidazole rings is 1. The molecular formula is C25H36N6O2. The Balaban J connectivity index is 1.60. The maximum absolute atomic E-state index is 12.9. The van der Waals surface area contributed by atoms with Crippen molar-refractivity contribution >= 4 is 17.1 Å². The van der Waals surface area contributed by atoms with Crippen molar-refractivity contribution in [2.24, 2.45) is 24.9 Å². The Bertz CT molecular complexity index is 1240. The van der Waals surface area contributed by atoms with Crippen molar-refractivity contribution in [3.8, 4) is 0 Å². The second-order valence-corrected chi connectivity index (χ2v) is 11.5. The lowest BCUT2D eigenvalue weighted by molar-refractivity contribution is 0.0836. The van der Waals surface area contributed by atoms with Crippen molar-refractivity contribution in [2.45, 2.75) is 72.4 Å². The third-order valence-corrected chi connectivity index (χ3v) is 6.93. The quantitative estimate of drug-likeness (QED) is 0.655. The Hall–Kier alpha value is -2.90. The molecule has 0 aliphatic heterocycles. The Kier molecular flexibility index (Phi) is 5.75. The summed E-state index contributed by atoms with van der Waals surface area (Å²) in [6.07, 6.45) is 6.14. The van der Waals surface area contributed by atoms with Crippen LogP contribution in [0, 0.1) is 10.8 Å². The molecule has 0 saturated heterocycles. The molecule has 2 unspecified atom stereocenters. The van der Waals surface area contributed by atoms with Crippen LogP contribution in [0.25, 0.3) is 11.2 Å². The van der Waals surface area contributed by atoms with E-state index in [0.29, 0.717) is 12.1 Å². The summed E-state index contributed by atoms with van der Waals surface area (Å²) in [5.41, 5.74) is 3.11. The van der Waals surface area contributed by atoms with Crippen molar-refractivity contribution in [3.63, 3.8) is 0 Å². The minimum Gasteiger partial charge on any atom is -0.349 e. The largest absolute Gasteiger partial charge is 0.349 e. The van der Waals surface area contributed by atoms with Crippen molar-refractivity contribution in [2.75, 3.05) is 0 Å². The van der Waals surface area contributed by atoms with Crippen LogP contribution in [-0.4, -0.2) is 35.8 Å². The molecule has 0 aromatic carbocycles. The summed E-state index contributed by atoms with van der Waals surface area (Å²) in [6, 6.07) is 4.12. The zero-order chi connectivity index (χ0) is 24.1. The van der Waals surface area contributed by atoms with Crippen LogP contribution in [0.4, 0.5) is 0 Å². The molecule has 0 spiro atoms. The highest BCUT2D eigenvalue weighted by Gasteiger charge is 2.38. The monoisotopic (exact) mass is 452 g/mol. The van der Waals surface area contributed by atoms with E-state index in [4.69, 9.17) is 4.98 Å². The first-order valence-electron chi connectivity index (χ1n) is 11.7. The highest BCUT2D eigenvalue weighted by Crippen LogP contribution is 2.42. The normalized spacial score (nSPS) is 20.8. The van der Waals surface area contributed by atoms with Crippen LogP contribution in [-0.2, 0) is 20.6 Å². The molecule has 4 rings (SSSR count). The third-order valence-electron chi connectivity index (χ3n) is 6.93. The van der Waals surface area contributed by atoms with Gasteiger partial charge in [0.1, 0.15) is 0 Å². The Morgan fingerprint density at radius 3 is 2.61 bits per heavy atom. The van der Waals surface area contributed by atoms with Gasteiger partial charge in [0.05, 0.1) is 17.3 Å².